The topological polar surface area (TPSA) is 12.9 Å². The van der Waals surface area contributed by atoms with Crippen LogP contribution in [0, 0.1) is 6.92 Å². The van der Waals surface area contributed by atoms with Gasteiger partial charge >= 0.3 is 0 Å². The number of aryl methyl sites for hydroxylation is 1. The van der Waals surface area contributed by atoms with E-state index in [1.807, 2.05) is 37.3 Å². The molecule has 2 heteroatoms. The van der Waals surface area contributed by atoms with Crippen molar-refractivity contribution < 1.29 is 0 Å². The van der Waals surface area contributed by atoms with E-state index in [2.05, 4.69) is 17.1 Å². The fraction of sp³-hybridized carbons (Fsp3) is 0.0833. The molecule has 1 nitrogen and oxygen atoms in total. The van der Waals surface area contributed by atoms with Crippen molar-refractivity contribution in [1.29, 1.82) is 0 Å². The predicted octanol–water partition coefficient (Wildman–Crippen LogP) is 3.71. The normalized spacial score (nSPS) is 10.1. The van der Waals surface area contributed by atoms with Crippen molar-refractivity contribution in [3.63, 3.8) is 0 Å². The Morgan fingerprint density at radius 3 is 2.36 bits per heavy atom. The van der Waals surface area contributed by atoms with Gasteiger partial charge in [0.15, 0.2) is 0 Å². The van der Waals surface area contributed by atoms with Gasteiger partial charge in [0.1, 0.15) is 5.15 Å². The Hall–Kier alpha value is -1.34. The first kappa shape index (κ1) is 9.22. The highest BCUT2D eigenvalue weighted by molar-refractivity contribution is 6.29. The van der Waals surface area contributed by atoms with Crippen LogP contribution in [0.1, 0.15) is 5.69 Å². The lowest BCUT2D eigenvalue weighted by Crippen LogP contribution is -1.84. The Labute approximate surface area is 88.4 Å². The van der Waals surface area contributed by atoms with Gasteiger partial charge in [-0.3, -0.25) is 0 Å². The zero-order valence-corrected chi connectivity index (χ0v) is 8.62. The van der Waals surface area contributed by atoms with E-state index in [1.165, 1.54) is 5.56 Å². The smallest absolute Gasteiger partial charge is 0.129 e. The zero-order chi connectivity index (χ0) is 9.97. The first-order valence-electron chi connectivity index (χ1n) is 4.45. The third-order valence-corrected chi connectivity index (χ3v) is 2.22. The first-order valence-corrected chi connectivity index (χ1v) is 4.83. The summed E-state index contributed by atoms with van der Waals surface area (Å²) in [5.74, 6) is 0. The molecule has 1 heterocycles. The van der Waals surface area contributed by atoms with Crippen LogP contribution in [-0.2, 0) is 0 Å². The van der Waals surface area contributed by atoms with Gasteiger partial charge < -0.3 is 0 Å². The van der Waals surface area contributed by atoms with E-state index < -0.39 is 0 Å². The van der Waals surface area contributed by atoms with E-state index in [0.717, 1.165) is 11.3 Å². The highest BCUT2D eigenvalue weighted by Gasteiger charge is 1.99. The van der Waals surface area contributed by atoms with Crippen molar-refractivity contribution in [2.75, 3.05) is 0 Å². The summed E-state index contributed by atoms with van der Waals surface area (Å²) >= 11 is 5.89. The van der Waals surface area contributed by atoms with Crippen LogP contribution in [0.2, 0.25) is 5.15 Å². The molecular formula is C12H10ClN. The molecule has 0 atom stereocenters. The summed E-state index contributed by atoms with van der Waals surface area (Å²) in [5, 5.41) is 0.545. The second-order valence-electron chi connectivity index (χ2n) is 3.19. The Balaban J connectivity index is 2.52. The van der Waals surface area contributed by atoms with Crippen LogP contribution in [0.3, 0.4) is 0 Å². The van der Waals surface area contributed by atoms with E-state index in [1.54, 1.807) is 0 Å². The summed E-state index contributed by atoms with van der Waals surface area (Å²) in [6.07, 6.45) is 0. The summed E-state index contributed by atoms with van der Waals surface area (Å²) in [6, 6.07) is 14.1. The average Bonchev–Trinajstić information content (AvgIpc) is 2.18. The lowest BCUT2D eigenvalue weighted by atomic mass is 10.1. The van der Waals surface area contributed by atoms with Gasteiger partial charge in [0, 0.05) is 5.69 Å². The lowest BCUT2D eigenvalue weighted by Gasteiger charge is -2.02. The molecule has 0 saturated carbocycles. The second-order valence-corrected chi connectivity index (χ2v) is 3.57. The summed E-state index contributed by atoms with van der Waals surface area (Å²) in [5.41, 5.74) is 3.22. The first-order chi connectivity index (χ1) is 6.75. The molecular weight excluding hydrogens is 194 g/mol. The fourth-order valence-electron chi connectivity index (χ4n) is 1.43. The second kappa shape index (κ2) is 3.81. The molecule has 0 aliphatic carbocycles. The number of aromatic nitrogens is 1. The lowest BCUT2D eigenvalue weighted by molar-refractivity contribution is 1.20. The van der Waals surface area contributed by atoms with Crippen LogP contribution in [-0.4, -0.2) is 4.98 Å². The van der Waals surface area contributed by atoms with Crippen LogP contribution in [0.5, 0.6) is 0 Å². The molecule has 2 rings (SSSR count). The van der Waals surface area contributed by atoms with Gasteiger partial charge in [-0.2, -0.15) is 0 Å². The maximum absolute atomic E-state index is 5.89. The number of hydrogen-bond acceptors (Lipinski definition) is 1. The molecule has 0 spiro atoms. The molecule has 14 heavy (non-hydrogen) atoms. The molecule has 0 aliphatic rings. The average molecular weight is 204 g/mol. The van der Waals surface area contributed by atoms with Crippen LogP contribution in [0.4, 0.5) is 0 Å². The number of halogens is 1. The van der Waals surface area contributed by atoms with Crippen molar-refractivity contribution in [3.8, 4) is 11.1 Å². The Morgan fingerprint density at radius 2 is 1.71 bits per heavy atom. The highest BCUT2D eigenvalue weighted by Crippen LogP contribution is 2.22. The zero-order valence-electron chi connectivity index (χ0n) is 7.87. The van der Waals surface area contributed by atoms with Crippen LogP contribution < -0.4 is 0 Å². The Morgan fingerprint density at radius 1 is 1.00 bits per heavy atom. The largest absolute Gasteiger partial charge is 0.241 e. The number of hydrogen-bond donors (Lipinski definition) is 0. The standard InChI is InChI=1S/C12H10ClN/c1-9-7-11(8-12(13)14-9)10-5-3-2-4-6-10/h2-8H,1H3. The molecule has 2 aromatic rings. The minimum atomic E-state index is 0.545. The number of pyridine rings is 1. The molecule has 1 aromatic carbocycles. The molecule has 0 bridgehead atoms. The van der Waals surface area contributed by atoms with Gasteiger partial charge in [0.2, 0.25) is 0 Å². The quantitative estimate of drug-likeness (QED) is 0.644. The Kier molecular flexibility index (Phi) is 2.51. The van der Waals surface area contributed by atoms with E-state index in [0.29, 0.717) is 5.15 Å². The highest BCUT2D eigenvalue weighted by atomic mass is 35.5. The van der Waals surface area contributed by atoms with E-state index in [-0.39, 0.29) is 0 Å². The van der Waals surface area contributed by atoms with Gasteiger partial charge in [-0.15, -0.1) is 0 Å². The number of nitrogens with zero attached hydrogens (tertiary/aromatic N) is 1. The third kappa shape index (κ3) is 1.94. The summed E-state index contributed by atoms with van der Waals surface area (Å²) in [6.45, 7) is 1.94. The van der Waals surface area contributed by atoms with E-state index >= 15 is 0 Å². The molecule has 0 radical (unpaired) electrons. The molecule has 0 N–H and O–H groups in total. The number of benzene rings is 1. The fourth-order valence-corrected chi connectivity index (χ4v) is 1.68. The van der Waals surface area contributed by atoms with Gasteiger partial charge in [-0.25, -0.2) is 4.98 Å². The third-order valence-electron chi connectivity index (χ3n) is 2.03. The van der Waals surface area contributed by atoms with E-state index in [9.17, 15) is 0 Å². The SMILES string of the molecule is Cc1cc(-c2ccccc2)cc(Cl)n1. The maximum atomic E-state index is 5.89. The monoisotopic (exact) mass is 203 g/mol. The Bertz CT molecular complexity index is 417. The maximum Gasteiger partial charge on any atom is 0.129 e. The van der Waals surface area contributed by atoms with Crippen LogP contribution in [0.25, 0.3) is 11.1 Å². The van der Waals surface area contributed by atoms with Gasteiger partial charge in [0.25, 0.3) is 0 Å². The van der Waals surface area contributed by atoms with Crippen molar-refractivity contribution in [2.24, 2.45) is 0 Å². The van der Waals surface area contributed by atoms with Crippen molar-refractivity contribution in [3.05, 3.63) is 53.3 Å². The van der Waals surface area contributed by atoms with Crippen LogP contribution in [0.15, 0.2) is 42.5 Å². The van der Waals surface area contributed by atoms with Gasteiger partial charge in [-0.1, -0.05) is 41.9 Å². The van der Waals surface area contributed by atoms with E-state index in [4.69, 9.17) is 11.6 Å². The van der Waals surface area contributed by atoms with Crippen molar-refractivity contribution in [2.45, 2.75) is 6.92 Å². The van der Waals surface area contributed by atoms with Crippen molar-refractivity contribution >= 4 is 11.6 Å². The molecule has 0 unspecified atom stereocenters. The minimum Gasteiger partial charge on any atom is -0.241 e. The molecule has 70 valence electrons. The van der Waals surface area contributed by atoms with Crippen LogP contribution >= 0.6 is 11.6 Å². The predicted molar refractivity (Wildman–Crippen MR) is 59.4 cm³/mol. The summed E-state index contributed by atoms with van der Waals surface area (Å²) < 4.78 is 0. The molecule has 0 amide bonds. The summed E-state index contributed by atoms with van der Waals surface area (Å²) in [7, 11) is 0. The molecule has 0 aliphatic heterocycles. The molecule has 1 aromatic heterocycles. The van der Waals surface area contributed by atoms with Gasteiger partial charge in [0.05, 0.1) is 0 Å². The summed E-state index contributed by atoms with van der Waals surface area (Å²) in [4.78, 5) is 4.13. The van der Waals surface area contributed by atoms with Crippen molar-refractivity contribution in [1.82, 2.24) is 4.98 Å². The van der Waals surface area contributed by atoms with Gasteiger partial charge in [-0.05, 0) is 30.2 Å². The molecule has 0 saturated heterocycles. The minimum absolute atomic E-state index is 0.545. The number of rotatable bonds is 1. The molecule has 0 fully saturated rings.